The first-order chi connectivity index (χ1) is 26.1. The van der Waals surface area contributed by atoms with Gasteiger partial charge in [-0.3, -0.25) is 8.37 Å². The van der Waals surface area contributed by atoms with Crippen LogP contribution in [0.3, 0.4) is 0 Å². The Bertz CT molecular complexity index is 1780. The molecule has 0 amide bonds. The Morgan fingerprint density at radius 1 is 0.500 bits per heavy atom. The molecule has 0 aliphatic carbocycles. The Balaban J connectivity index is 0.000000340. The minimum Gasteiger partial charge on any atom is -0.375 e. The highest BCUT2D eigenvalue weighted by Gasteiger charge is 2.22. The molecule has 0 aliphatic rings. The lowest BCUT2D eigenvalue weighted by molar-refractivity contribution is 0.317. The molecule has 7 nitrogen and oxygen atoms in total. The van der Waals surface area contributed by atoms with Crippen molar-refractivity contribution in [3.05, 3.63) is 150 Å². The molecule has 0 aliphatic heterocycles. The molecule has 5 rings (SSSR count). The average molecular weight is 770 g/mol. The molecule has 288 valence electrons. The minimum absolute atomic E-state index is 0.347. The third kappa shape index (κ3) is 13.0. The van der Waals surface area contributed by atoms with E-state index in [9.17, 15) is 18.2 Å². The summed E-state index contributed by atoms with van der Waals surface area (Å²) in [7, 11) is -1.85. The Labute approximate surface area is 325 Å². The van der Waals surface area contributed by atoms with Crippen molar-refractivity contribution in [2.24, 2.45) is 0 Å². The summed E-state index contributed by atoms with van der Waals surface area (Å²) in [6.45, 7) is 3.44. The van der Waals surface area contributed by atoms with Gasteiger partial charge in [-0.2, -0.15) is 0 Å². The van der Waals surface area contributed by atoms with Crippen LogP contribution in [-0.4, -0.2) is 46.0 Å². The van der Waals surface area contributed by atoms with E-state index in [0.717, 1.165) is 22.3 Å². The van der Waals surface area contributed by atoms with E-state index in [1.165, 1.54) is 65.0 Å². The van der Waals surface area contributed by atoms with Crippen molar-refractivity contribution in [2.75, 3.05) is 32.7 Å². The third-order valence-electron chi connectivity index (χ3n) is 8.99. The van der Waals surface area contributed by atoms with Crippen LogP contribution in [0.4, 0.5) is 5.69 Å². The van der Waals surface area contributed by atoms with Gasteiger partial charge >= 0.3 is 0 Å². The Morgan fingerprint density at radius 3 is 1.35 bits per heavy atom. The van der Waals surface area contributed by atoms with Crippen molar-refractivity contribution < 1.29 is 26.6 Å². The highest BCUT2D eigenvalue weighted by atomic mass is 32.3. The zero-order valence-corrected chi connectivity index (χ0v) is 33.4. The fourth-order valence-electron chi connectivity index (χ4n) is 5.79. The maximum absolute atomic E-state index is 10.2. The molecule has 0 atom stereocenters. The van der Waals surface area contributed by atoms with Gasteiger partial charge in [0.25, 0.3) is 0 Å². The van der Waals surface area contributed by atoms with E-state index in [4.69, 9.17) is 8.37 Å². The molecule has 0 fully saturated rings. The predicted octanol–water partition coefficient (Wildman–Crippen LogP) is 13.5. The zero-order chi connectivity index (χ0) is 38.8. The molecule has 0 aromatic heterocycles. The van der Waals surface area contributed by atoms with Gasteiger partial charge in [0, 0.05) is 19.3 Å². The molecular formula is C45H55NO6S2. The fraction of sp³-hybridized carbons (Fsp3) is 0.244. The lowest BCUT2D eigenvalue weighted by Crippen LogP contribution is -2.18. The number of hydrogen-bond acceptors (Lipinski definition) is 7. The Hall–Kier alpha value is -4.16. The predicted molar refractivity (Wildman–Crippen MR) is 232 cm³/mol. The first-order valence-electron chi connectivity index (χ1n) is 18.3. The van der Waals surface area contributed by atoms with Crippen LogP contribution in [-0.2, 0) is 8.37 Å². The second-order valence-corrected chi connectivity index (χ2v) is 16.4. The van der Waals surface area contributed by atoms with Crippen LogP contribution in [0.1, 0.15) is 67.7 Å². The number of para-hydroxylation sites is 1. The van der Waals surface area contributed by atoms with Crippen LogP contribution in [0.2, 0.25) is 0 Å². The lowest BCUT2D eigenvalue weighted by atomic mass is 10.0. The van der Waals surface area contributed by atoms with Gasteiger partial charge in [-0.05, 0) is 64.1 Å². The molecule has 5 aromatic rings. The number of benzene rings is 5. The van der Waals surface area contributed by atoms with Gasteiger partial charge in [0.15, 0.2) is 0 Å². The maximum Gasteiger partial charge on any atom is 0.115 e. The second kappa shape index (κ2) is 21.7. The van der Waals surface area contributed by atoms with Crippen LogP contribution in [0.15, 0.2) is 137 Å². The second-order valence-electron chi connectivity index (χ2n) is 12.8. The van der Waals surface area contributed by atoms with E-state index in [1.807, 2.05) is 97.1 Å². The third-order valence-corrected chi connectivity index (χ3v) is 11.8. The monoisotopic (exact) mass is 769 g/mol. The molecule has 54 heavy (non-hydrogen) atoms. The van der Waals surface area contributed by atoms with Gasteiger partial charge in [-0.1, -0.05) is 166 Å². The number of anilines is 1. The molecule has 0 saturated carbocycles. The van der Waals surface area contributed by atoms with E-state index in [1.54, 1.807) is 24.3 Å². The summed E-state index contributed by atoms with van der Waals surface area (Å²) in [5, 5.41) is 0. The van der Waals surface area contributed by atoms with Crippen LogP contribution >= 0.6 is 21.7 Å². The van der Waals surface area contributed by atoms with Gasteiger partial charge in [0.1, 0.15) is 21.7 Å². The van der Waals surface area contributed by atoms with Gasteiger partial charge < -0.3 is 23.1 Å². The summed E-state index contributed by atoms with van der Waals surface area (Å²) >= 11 is 0. The van der Waals surface area contributed by atoms with E-state index in [2.05, 4.69) is 49.2 Å². The van der Waals surface area contributed by atoms with Crippen molar-refractivity contribution in [3.8, 4) is 11.1 Å². The molecule has 0 spiro atoms. The summed E-state index contributed by atoms with van der Waals surface area (Å²) in [4.78, 5) is 3.04. The van der Waals surface area contributed by atoms with Crippen LogP contribution in [0.5, 0.6) is 0 Å². The largest absolute Gasteiger partial charge is 0.375 e. The molecule has 0 heterocycles. The van der Waals surface area contributed by atoms with E-state index in [-0.39, 0.29) is 0 Å². The highest BCUT2D eigenvalue weighted by molar-refractivity contribution is 8.20. The molecule has 9 heteroatoms. The van der Waals surface area contributed by atoms with E-state index < -0.39 is 21.7 Å². The van der Waals surface area contributed by atoms with Crippen molar-refractivity contribution in [3.63, 3.8) is 0 Å². The number of nitrogens with zero attached hydrogens (tertiary/aromatic N) is 1. The summed E-state index contributed by atoms with van der Waals surface area (Å²) < 4.78 is 50.4. The molecule has 0 radical (unpaired) electrons. The summed E-state index contributed by atoms with van der Waals surface area (Å²) in [5.74, 6) is 0. The molecule has 0 unspecified atom stereocenters. The first-order valence-corrected chi connectivity index (χ1v) is 21.2. The lowest BCUT2D eigenvalue weighted by Gasteiger charge is -2.25. The minimum atomic E-state index is -3.29. The molecule has 0 saturated heterocycles. The highest BCUT2D eigenvalue weighted by Crippen LogP contribution is 2.51. The maximum atomic E-state index is 10.2. The first kappa shape index (κ1) is 42.6. The van der Waals surface area contributed by atoms with E-state index >= 15 is 0 Å². The zero-order valence-electron chi connectivity index (χ0n) is 31.8. The van der Waals surface area contributed by atoms with Crippen molar-refractivity contribution in [2.45, 2.75) is 55.2 Å². The van der Waals surface area contributed by atoms with Gasteiger partial charge in [0.05, 0.1) is 24.0 Å². The summed E-state index contributed by atoms with van der Waals surface area (Å²) in [6, 6.07) is 40.8. The topological polar surface area (TPSA) is 103 Å². The quantitative estimate of drug-likeness (QED) is 0.0551. The van der Waals surface area contributed by atoms with Gasteiger partial charge in [-0.15, -0.1) is 0 Å². The average Bonchev–Trinajstić information content (AvgIpc) is 3.21. The van der Waals surface area contributed by atoms with Crippen molar-refractivity contribution in [1.29, 1.82) is 0 Å². The van der Waals surface area contributed by atoms with Crippen molar-refractivity contribution in [1.82, 2.24) is 0 Å². The fourth-order valence-corrected chi connectivity index (χ4v) is 7.54. The summed E-state index contributed by atoms with van der Waals surface area (Å²) in [6.07, 6.45) is 15.7. The van der Waals surface area contributed by atoms with Crippen LogP contribution < -0.4 is 4.90 Å². The Kier molecular flexibility index (Phi) is 17.1. The SMILES string of the molecule is CCCCCCCCN(C)c1ccccc1.COS(O)(O)c1ccccc1/C=C/c1ccc(-c2ccc(/C=C/c3ccccc3S(O)(O)OC)cc2)cc1. The number of hydrogen-bond donors (Lipinski definition) is 4. The summed E-state index contributed by atoms with van der Waals surface area (Å²) in [5.41, 5.74) is 6.75. The standard InChI is InChI=1S/C30H30O6S2.C15H25N/c1-35-37(31,32)29-9-5-3-7-27(29)21-15-23-11-17-25(18-12-23)26-19-13-24(14-20-26)16-22-28-8-4-6-10-30(28)38(33,34)36-2;1-3-4-5-6-7-11-14-16(2)15-12-9-8-10-13-15/h3-22,31-34H,1-2H3;8-10,12-13H,3-7,11,14H2,1-2H3/b21-15+,22-16+;. The van der Waals surface area contributed by atoms with Gasteiger partial charge in [0.2, 0.25) is 0 Å². The smallest absolute Gasteiger partial charge is 0.115 e. The van der Waals surface area contributed by atoms with E-state index in [0.29, 0.717) is 20.9 Å². The molecule has 5 aromatic carbocycles. The molecular weight excluding hydrogens is 715 g/mol. The van der Waals surface area contributed by atoms with Crippen LogP contribution in [0.25, 0.3) is 35.4 Å². The molecule has 0 bridgehead atoms. The van der Waals surface area contributed by atoms with Crippen molar-refractivity contribution >= 4 is 51.7 Å². The van der Waals surface area contributed by atoms with Crippen LogP contribution in [0, 0.1) is 0 Å². The normalized spacial score (nSPS) is 12.4. The number of unbranched alkanes of at least 4 members (excludes halogenated alkanes) is 5. The van der Waals surface area contributed by atoms with Gasteiger partial charge in [-0.25, -0.2) is 0 Å². The molecule has 4 N–H and O–H groups in total. The Morgan fingerprint density at radius 2 is 0.907 bits per heavy atom. The number of rotatable bonds is 17.